The molecule has 0 aliphatic carbocycles. The standard InChI is InChI=1S/C36H43N3O3/c1-25-12-11-15-29(35(25)39-20-9-6-10-21-39)34(27-13-7-5-8-14-27)38-32(40)23-26-16-18-31-30(22-26)28(24-37-31)17-19-33(41)42-36(2,3)4/h5,7-8,11-16,18,22,24,34,37H,6,9-10,17,19-21,23H2,1-4H3,(H,38,40). The van der Waals surface area contributed by atoms with Gasteiger partial charge in [0.2, 0.25) is 5.91 Å². The van der Waals surface area contributed by atoms with E-state index in [1.165, 1.54) is 30.5 Å². The van der Waals surface area contributed by atoms with E-state index in [1.807, 2.05) is 57.3 Å². The predicted molar refractivity (Wildman–Crippen MR) is 170 cm³/mol. The van der Waals surface area contributed by atoms with Crippen LogP contribution in [0, 0.1) is 6.92 Å². The number of H-pyrrole nitrogens is 1. The molecule has 6 heteroatoms. The lowest BCUT2D eigenvalue weighted by molar-refractivity contribution is -0.154. The number of carbonyl (C=O) groups excluding carboxylic acids is 2. The van der Waals surface area contributed by atoms with Gasteiger partial charge in [0.1, 0.15) is 5.60 Å². The Hall–Kier alpha value is -4.06. The molecule has 1 atom stereocenters. The number of amides is 1. The quantitative estimate of drug-likeness (QED) is 0.211. The van der Waals surface area contributed by atoms with Gasteiger partial charge in [-0.05, 0) is 87.8 Å². The van der Waals surface area contributed by atoms with E-state index >= 15 is 0 Å². The summed E-state index contributed by atoms with van der Waals surface area (Å²) < 4.78 is 5.48. The molecule has 1 fully saturated rings. The van der Waals surface area contributed by atoms with Crippen LogP contribution in [0.15, 0.2) is 72.9 Å². The van der Waals surface area contributed by atoms with E-state index in [0.717, 1.165) is 46.2 Å². The number of ether oxygens (including phenoxy) is 1. The lowest BCUT2D eigenvalue weighted by Crippen LogP contribution is -2.35. The minimum absolute atomic E-state index is 0.0276. The maximum atomic E-state index is 13.7. The van der Waals surface area contributed by atoms with Gasteiger partial charge in [0, 0.05) is 47.9 Å². The summed E-state index contributed by atoms with van der Waals surface area (Å²) in [6, 6.07) is 22.5. The van der Waals surface area contributed by atoms with Crippen molar-refractivity contribution in [2.45, 2.75) is 77.9 Å². The highest BCUT2D eigenvalue weighted by molar-refractivity contribution is 5.87. The Labute approximate surface area is 249 Å². The van der Waals surface area contributed by atoms with Crippen molar-refractivity contribution in [3.63, 3.8) is 0 Å². The number of fused-ring (bicyclic) bond motifs is 1. The second-order valence-corrected chi connectivity index (χ2v) is 12.4. The van der Waals surface area contributed by atoms with Gasteiger partial charge in [0.25, 0.3) is 0 Å². The van der Waals surface area contributed by atoms with Crippen LogP contribution in [0.4, 0.5) is 5.69 Å². The van der Waals surface area contributed by atoms with Gasteiger partial charge in [-0.1, -0.05) is 54.6 Å². The second-order valence-electron chi connectivity index (χ2n) is 12.4. The molecular weight excluding hydrogens is 522 g/mol. The smallest absolute Gasteiger partial charge is 0.306 e. The van der Waals surface area contributed by atoms with Gasteiger partial charge in [0.05, 0.1) is 12.5 Å². The summed E-state index contributed by atoms with van der Waals surface area (Å²) >= 11 is 0. The van der Waals surface area contributed by atoms with E-state index in [0.29, 0.717) is 12.8 Å². The van der Waals surface area contributed by atoms with Crippen LogP contribution in [0.5, 0.6) is 0 Å². The molecule has 1 amide bonds. The third-order valence-electron chi connectivity index (χ3n) is 7.91. The van der Waals surface area contributed by atoms with Crippen molar-refractivity contribution in [2.24, 2.45) is 0 Å². The highest BCUT2D eigenvalue weighted by Gasteiger charge is 2.25. The zero-order chi connectivity index (χ0) is 29.7. The molecular formula is C36H43N3O3. The van der Waals surface area contributed by atoms with Gasteiger partial charge in [-0.2, -0.15) is 0 Å². The highest BCUT2D eigenvalue weighted by atomic mass is 16.6. The molecule has 2 N–H and O–H groups in total. The van der Waals surface area contributed by atoms with E-state index in [1.54, 1.807) is 0 Å². The molecule has 2 heterocycles. The first kappa shape index (κ1) is 29.4. The number of para-hydroxylation sites is 1. The molecule has 6 nitrogen and oxygen atoms in total. The molecule has 0 spiro atoms. The zero-order valence-electron chi connectivity index (χ0n) is 25.3. The molecule has 0 radical (unpaired) electrons. The number of aromatic amines is 1. The Balaban J connectivity index is 1.36. The fourth-order valence-corrected chi connectivity index (χ4v) is 6.02. The Kier molecular flexibility index (Phi) is 9.00. The summed E-state index contributed by atoms with van der Waals surface area (Å²) in [5, 5.41) is 4.43. The third-order valence-corrected chi connectivity index (χ3v) is 7.91. The number of anilines is 1. The van der Waals surface area contributed by atoms with Crippen LogP contribution in [0.1, 0.15) is 80.3 Å². The van der Waals surface area contributed by atoms with Crippen LogP contribution in [-0.4, -0.2) is 35.6 Å². The number of esters is 1. The largest absolute Gasteiger partial charge is 0.460 e. The normalized spacial score (nSPS) is 14.5. The number of aromatic nitrogens is 1. The molecule has 220 valence electrons. The molecule has 1 aliphatic heterocycles. The zero-order valence-corrected chi connectivity index (χ0v) is 25.3. The number of rotatable bonds is 9. The first-order valence-electron chi connectivity index (χ1n) is 15.2. The van der Waals surface area contributed by atoms with Crippen molar-refractivity contribution >= 4 is 28.5 Å². The lowest BCUT2D eigenvalue weighted by atomic mass is 9.93. The average molecular weight is 566 g/mol. The van der Waals surface area contributed by atoms with Crippen molar-refractivity contribution < 1.29 is 14.3 Å². The molecule has 5 rings (SSSR count). The van der Waals surface area contributed by atoms with Crippen LogP contribution in [0.3, 0.4) is 0 Å². The number of hydrogen-bond acceptors (Lipinski definition) is 4. The van der Waals surface area contributed by atoms with Gasteiger partial charge in [0.15, 0.2) is 0 Å². The molecule has 0 bridgehead atoms. The minimum atomic E-state index is -0.498. The number of benzene rings is 3. The molecule has 1 aromatic heterocycles. The minimum Gasteiger partial charge on any atom is -0.460 e. The number of piperidine rings is 1. The van der Waals surface area contributed by atoms with E-state index < -0.39 is 5.60 Å². The number of carbonyl (C=O) groups is 2. The van der Waals surface area contributed by atoms with E-state index in [9.17, 15) is 9.59 Å². The SMILES string of the molecule is Cc1cccc(C(NC(=O)Cc2ccc3[nH]cc(CCC(=O)OC(C)(C)C)c3c2)c2ccccc2)c1N1CCCCC1. The van der Waals surface area contributed by atoms with Crippen LogP contribution in [0.2, 0.25) is 0 Å². The average Bonchev–Trinajstić information content (AvgIpc) is 3.37. The van der Waals surface area contributed by atoms with Crippen LogP contribution in [0.25, 0.3) is 10.9 Å². The van der Waals surface area contributed by atoms with Crippen LogP contribution < -0.4 is 10.2 Å². The van der Waals surface area contributed by atoms with Crippen molar-refractivity contribution in [3.05, 3.63) is 101 Å². The second kappa shape index (κ2) is 12.8. The summed E-state index contributed by atoms with van der Waals surface area (Å²) in [4.78, 5) is 31.7. The van der Waals surface area contributed by atoms with Crippen molar-refractivity contribution in [1.29, 1.82) is 0 Å². The van der Waals surface area contributed by atoms with Crippen molar-refractivity contribution in [3.8, 4) is 0 Å². The summed E-state index contributed by atoms with van der Waals surface area (Å²) in [6.45, 7) is 9.89. The van der Waals surface area contributed by atoms with Crippen LogP contribution >= 0.6 is 0 Å². The van der Waals surface area contributed by atoms with Crippen molar-refractivity contribution in [1.82, 2.24) is 10.3 Å². The third kappa shape index (κ3) is 7.22. The van der Waals surface area contributed by atoms with Gasteiger partial charge < -0.3 is 19.9 Å². The molecule has 4 aromatic rings. The summed E-state index contributed by atoms with van der Waals surface area (Å²) in [6.07, 6.45) is 6.75. The number of hydrogen-bond donors (Lipinski definition) is 2. The molecule has 3 aromatic carbocycles. The van der Waals surface area contributed by atoms with E-state index in [-0.39, 0.29) is 24.3 Å². The van der Waals surface area contributed by atoms with Gasteiger partial charge in [-0.3, -0.25) is 9.59 Å². The highest BCUT2D eigenvalue weighted by Crippen LogP contribution is 2.35. The summed E-state index contributed by atoms with van der Waals surface area (Å²) in [5.41, 5.74) is 7.17. The lowest BCUT2D eigenvalue weighted by Gasteiger charge is -2.34. The topological polar surface area (TPSA) is 74.4 Å². The Morgan fingerprint density at radius 1 is 0.976 bits per heavy atom. The van der Waals surface area contributed by atoms with E-state index in [4.69, 9.17) is 4.74 Å². The Bertz CT molecular complexity index is 1530. The van der Waals surface area contributed by atoms with E-state index in [2.05, 4.69) is 58.5 Å². The summed E-state index contributed by atoms with van der Waals surface area (Å²) in [5.74, 6) is -0.237. The first-order valence-corrected chi connectivity index (χ1v) is 15.2. The fourth-order valence-electron chi connectivity index (χ4n) is 6.02. The fraction of sp³-hybridized carbons (Fsp3) is 0.389. The number of nitrogens with zero attached hydrogens (tertiary/aromatic N) is 1. The first-order chi connectivity index (χ1) is 20.2. The Morgan fingerprint density at radius 3 is 2.48 bits per heavy atom. The maximum absolute atomic E-state index is 13.7. The molecule has 42 heavy (non-hydrogen) atoms. The van der Waals surface area contributed by atoms with Gasteiger partial charge in [-0.25, -0.2) is 0 Å². The molecule has 1 aliphatic rings. The predicted octanol–water partition coefficient (Wildman–Crippen LogP) is 7.19. The molecule has 1 unspecified atom stereocenters. The number of aryl methyl sites for hydroxylation is 2. The molecule has 1 saturated heterocycles. The number of nitrogens with one attached hydrogen (secondary N) is 2. The monoisotopic (exact) mass is 565 g/mol. The van der Waals surface area contributed by atoms with Crippen LogP contribution in [-0.2, 0) is 27.2 Å². The maximum Gasteiger partial charge on any atom is 0.306 e. The van der Waals surface area contributed by atoms with Gasteiger partial charge >= 0.3 is 5.97 Å². The summed E-state index contributed by atoms with van der Waals surface area (Å²) in [7, 11) is 0. The van der Waals surface area contributed by atoms with Crippen molar-refractivity contribution in [2.75, 3.05) is 18.0 Å². The Morgan fingerprint density at radius 2 is 1.74 bits per heavy atom. The van der Waals surface area contributed by atoms with Gasteiger partial charge in [-0.15, -0.1) is 0 Å². The molecule has 0 saturated carbocycles.